The zero-order valence-electron chi connectivity index (χ0n) is 15.4. The summed E-state index contributed by atoms with van der Waals surface area (Å²) in [6.07, 6.45) is 0.717. The number of para-hydroxylation sites is 1. The Hall–Kier alpha value is -2.34. The summed E-state index contributed by atoms with van der Waals surface area (Å²) >= 11 is 0. The van der Waals surface area contributed by atoms with Crippen LogP contribution < -0.4 is 10.1 Å². The minimum atomic E-state index is -0.165. The van der Waals surface area contributed by atoms with Crippen LogP contribution in [-0.4, -0.2) is 28.9 Å². The quantitative estimate of drug-likeness (QED) is 0.927. The molecule has 1 N–H and O–H groups in total. The van der Waals surface area contributed by atoms with E-state index < -0.39 is 0 Å². The number of fused-ring (bicyclic) bond motifs is 1. The molecule has 134 valence electrons. The van der Waals surface area contributed by atoms with Gasteiger partial charge in [-0.1, -0.05) is 18.2 Å². The number of aryl methyl sites for hydroxylation is 2. The van der Waals surface area contributed by atoms with Crippen LogP contribution in [0.4, 0.5) is 0 Å². The molecule has 25 heavy (non-hydrogen) atoms. The van der Waals surface area contributed by atoms with E-state index in [0.717, 1.165) is 28.1 Å². The molecule has 1 aliphatic heterocycles. The molecule has 1 amide bonds. The molecular weight excluding hydrogens is 318 g/mol. The van der Waals surface area contributed by atoms with Gasteiger partial charge < -0.3 is 14.8 Å². The Balaban J connectivity index is 1.82. The Bertz CT molecular complexity index is 797. The molecule has 1 aromatic carbocycles. The highest BCUT2D eigenvalue weighted by atomic mass is 16.5. The van der Waals surface area contributed by atoms with Crippen molar-refractivity contribution in [1.82, 2.24) is 15.1 Å². The monoisotopic (exact) mass is 343 g/mol. The van der Waals surface area contributed by atoms with Crippen LogP contribution in [0.2, 0.25) is 0 Å². The molecule has 2 heterocycles. The first-order valence-corrected chi connectivity index (χ1v) is 8.54. The second-order valence-electron chi connectivity index (χ2n) is 6.58. The largest absolute Gasteiger partial charge is 0.496 e. The van der Waals surface area contributed by atoms with Gasteiger partial charge in [0.15, 0.2) is 5.69 Å². The van der Waals surface area contributed by atoms with Crippen LogP contribution >= 0.6 is 0 Å². The van der Waals surface area contributed by atoms with Crippen LogP contribution in [0.25, 0.3) is 0 Å². The Morgan fingerprint density at radius 2 is 2.20 bits per heavy atom. The molecule has 0 fully saturated rings. The zero-order chi connectivity index (χ0) is 18.1. The lowest BCUT2D eigenvalue weighted by Crippen LogP contribution is -2.27. The van der Waals surface area contributed by atoms with E-state index in [1.54, 1.807) is 11.8 Å². The fraction of sp³-hybridized carbons (Fsp3) is 0.474. The predicted octanol–water partition coefficient (Wildman–Crippen LogP) is 2.69. The summed E-state index contributed by atoms with van der Waals surface area (Å²) in [7, 11) is 3.50. The van der Waals surface area contributed by atoms with Crippen molar-refractivity contribution in [2.45, 2.75) is 45.9 Å². The molecule has 0 radical (unpaired) electrons. The number of nitrogens with zero attached hydrogens (tertiary/aromatic N) is 2. The lowest BCUT2D eigenvalue weighted by Gasteiger charge is -2.26. The van der Waals surface area contributed by atoms with Crippen molar-refractivity contribution in [3.8, 4) is 5.75 Å². The summed E-state index contributed by atoms with van der Waals surface area (Å²) < 4.78 is 13.1. The molecule has 0 bridgehead atoms. The van der Waals surface area contributed by atoms with Crippen LogP contribution in [0.3, 0.4) is 0 Å². The van der Waals surface area contributed by atoms with E-state index in [1.807, 2.05) is 46.0 Å². The highest BCUT2D eigenvalue weighted by molar-refractivity contribution is 5.94. The second-order valence-corrected chi connectivity index (χ2v) is 6.58. The Morgan fingerprint density at radius 1 is 1.44 bits per heavy atom. The SMILES string of the molecule is COc1c(C)cccc1CNC(=O)c1nn(C)c2c1C[C@H](C)O[C@@H]2C. The van der Waals surface area contributed by atoms with E-state index in [9.17, 15) is 4.79 Å². The summed E-state index contributed by atoms with van der Waals surface area (Å²) in [5, 5.41) is 7.42. The predicted molar refractivity (Wildman–Crippen MR) is 94.8 cm³/mol. The van der Waals surface area contributed by atoms with Gasteiger partial charge >= 0.3 is 0 Å². The van der Waals surface area contributed by atoms with Crippen LogP contribution in [0.1, 0.15) is 52.8 Å². The van der Waals surface area contributed by atoms with Crippen molar-refractivity contribution in [2.24, 2.45) is 7.05 Å². The van der Waals surface area contributed by atoms with Crippen molar-refractivity contribution in [1.29, 1.82) is 0 Å². The van der Waals surface area contributed by atoms with Crippen LogP contribution in [-0.2, 0) is 24.8 Å². The highest BCUT2D eigenvalue weighted by Gasteiger charge is 2.31. The topological polar surface area (TPSA) is 65.4 Å². The fourth-order valence-corrected chi connectivity index (χ4v) is 3.63. The Labute approximate surface area is 148 Å². The molecule has 3 rings (SSSR count). The van der Waals surface area contributed by atoms with Gasteiger partial charge in [0, 0.05) is 31.1 Å². The number of rotatable bonds is 4. The van der Waals surface area contributed by atoms with Gasteiger partial charge in [0.1, 0.15) is 5.75 Å². The first-order chi connectivity index (χ1) is 11.9. The summed E-state index contributed by atoms with van der Waals surface area (Å²) in [4.78, 5) is 12.7. The van der Waals surface area contributed by atoms with Crippen molar-refractivity contribution in [3.05, 3.63) is 46.3 Å². The fourth-order valence-electron chi connectivity index (χ4n) is 3.63. The van der Waals surface area contributed by atoms with Crippen molar-refractivity contribution < 1.29 is 14.3 Å². The molecule has 0 unspecified atom stereocenters. The maximum Gasteiger partial charge on any atom is 0.272 e. The zero-order valence-corrected chi connectivity index (χ0v) is 15.4. The average Bonchev–Trinajstić information content (AvgIpc) is 2.89. The van der Waals surface area contributed by atoms with Crippen LogP contribution in [0, 0.1) is 6.92 Å². The summed E-state index contributed by atoms with van der Waals surface area (Å²) in [6, 6.07) is 5.91. The van der Waals surface area contributed by atoms with E-state index in [4.69, 9.17) is 9.47 Å². The number of nitrogens with one attached hydrogen (secondary N) is 1. The van der Waals surface area contributed by atoms with Gasteiger partial charge in [-0.05, 0) is 26.3 Å². The molecule has 6 nitrogen and oxygen atoms in total. The maximum atomic E-state index is 12.7. The van der Waals surface area contributed by atoms with Crippen LogP contribution in [0.15, 0.2) is 18.2 Å². The third-order valence-electron chi connectivity index (χ3n) is 4.66. The minimum Gasteiger partial charge on any atom is -0.496 e. The number of carbonyl (C=O) groups excluding carboxylic acids is 1. The second kappa shape index (κ2) is 6.88. The molecule has 1 aliphatic rings. The Morgan fingerprint density at radius 3 is 2.92 bits per heavy atom. The van der Waals surface area contributed by atoms with E-state index >= 15 is 0 Å². The van der Waals surface area contributed by atoms with E-state index in [1.165, 1.54) is 0 Å². The van der Waals surface area contributed by atoms with Gasteiger partial charge in [0.2, 0.25) is 0 Å². The number of benzene rings is 1. The van der Waals surface area contributed by atoms with Crippen molar-refractivity contribution in [2.75, 3.05) is 7.11 Å². The summed E-state index contributed by atoms with van der Waals surface area (Å²) in [5.41, 5.74) is 4.46. The molecule has 1 aromatic heterocycles. The lowest BCUT2D eigenvalue weighted by molar-refractivity contribution is -0.00903. The number of aromatic nitrogens is 2. The molecule has 0 aliphatic carbocycles. The van der Waals surface area contributed by atoms with Gasteiger partial charge in [-0.25, -0.2) is 0 Å². The Kier molecular flexibility index (Phi) is 4.81. The number of carbonyl (C=O) groups is 1. The molecule has 2 aromatic rings. The number of ether oxygens (including phenoxy) is 2. The normalized spacial score (nSPS) is 19.4. The summed E-state index contributed by atoms with van der Waals surface area (Å²) in [5.74, 6) is 0.642. The van der Waals surface area contributed by atoms with E-state index in [0.29, 0.717) is 18.7 Å². The van der Waals surface area contributed by atoms with E-state index in [-0.39, 0.29) is 18.1 Å². The van der Waals surface area contributed by atoms with Gasteiger partial charge in [0.05, 0.1) is 25.0 Å². The molecule has 0 saturated heterocycles. The van der Waals surface area contributed by atoms with Gasteiger partial charge in [-0.3, -0.25) is 9.48 Å². The molecule has 2 atom stereocenters. The number of methoxy groups -OCH3 is 1. The van der Waals surface area contributed by atoms with Gasteiger partial charge in [-0.15, -0.1) is 0 Å². The highest BCUT2D eigenvalue weighted by Crippen LogP contribution is 2.31. The van der Waals surface area contributed by atoms with Crippen LogP contribution in [0.5, 0.6) is 5.75 Å². The first kappa shape index (κ1) is 17.5. The molecular formula is C19H25N3O3. The third-order valence-corrected chi connectivity index (χ3v) is 4.66. The number of hydrogen-bond donors (Lipinski definition) is 1. The molecule has 6 heteroatoms. The van der Waals surface area contributed by atoms with Crippen molar-refractivity contribution >= 4 is 5.91 Å². The standard InChI is InChI=1S/C19H25N3O3/c1-11-7-6-8-14(18(11)24-5)10-20-19(23)16-15-9-12(2)25-13(3)17(15)22(4)21-16/h6-8,12-13H,9-10H2,1-5H3,(H,20,23)/t12-,13+/m0/s1. The summed E-state index contributed by atoms with van der Waals surface area (Å²) in [6.45, 7) is 6.40. The molecule has 0 saturated carbocycles. The third kappa shape index (κ3) is 3.26. The lowest BCUT2D eigenvalue weighted by atomic mass is 9.99. The average molecular weight is 343 g/mol. The van der Waals surface area contributed by atoms with E-state index in [2.05, 4.69) is 10.4 Å². The number of hydrogen-bond acceptors (Lipinski definition) is 4. The molecule has 0 spiro atoms. The van der Waals surface area contributed by atoms with Gasteiger partial charge in [0.25, 0.3) is 5.91 Å². The maximum absolute atomic E-state index is 12.7. The smallest absolute Gasteiger partial charge is 0.272 e. The number of amides is 1. The van der Waals surface area contributed by atoms with Gasteiger partial charge in [-0.2, -0.15) is 5.10 Å². The van der Waals surface area contributed by atoms with Crippen molar-refractivity contribution in [3.63, 3.8) is 0 Å². The first-order valence-electron chi connectivity index (χ1n) is 8.54. The minimum absolute atomic E-state index is 0.0605.